The predicted octanol–water partition coefficient (Wildman–Crippen LogP) is 1.06. The van der Waals surface area contributed by atoms with Crippen molar-refractivity contribution >= 4 is 27.4 Å². The van der Waals surface area contributed by atoms with Gasteiger partial charge in [0, 0.05) is 10.9 Å². The third-order valence-electron chi connectivity index (χ3n) is 4.99. The monoisotopic (exact) mass is 371 g/mol. The van der Waals surface area contributed by atoms with E-state index < -0.39 is 0 Å². The number of piperazine rings is 1. The highest BCUT2D eigenvalue weighted by Gasteiger charge is 2.24. The van der Waals surface area contributed by atoms with Crippen LogP contribution in [0.3, 0.4) is 0 Å². The second-order valence-corrected chi connectivity index (χ2v) is 7.32. The Kier molecular flexibility index (Phi) is 5.01. The van der Waals surface area contributed by atoms with Crippen molar-refractivity contribution in [1.82, 2.24) is 9.97 Å². The highest BCUT2D eigenvalue weighted by molar-refractivity contribution is 7.17. The van der Waals surface area contributed by atoms with Crippen LogP contribution in [0.1, 0.15) is 0 Å². The van der Waals surface area contributed by atoms with E-state index in [9.17, 15) is 0 Å². The number of aromatic nitrogens is 2. The minimum Gasteiger partial charge on any atom is -0.497 e. The first-order chi connectivity index (χ1) is 12.8. The van der Waals surface area contributed by atoms with E-state index in [2.05, 4.69) is 32.4 Å². The third-order valence-corrected chi connectivity index (χ3v) is 5.87. The average molecular weight is 371 g/mol. The van der Waals surface area contributed by atoms with Crippen LogP contribution in [-0.2, 0) is 0 Å². The number of anilines is 1. The zero-order valence-corrected chi connectivity index (χ0v) is 15.6. The fourth-order valence-electron chi connectivity index (χ4n) is 3.52. The first kappa shape index (κ1) is 17.2. The van der Waals surface area contributed by atoms with Crippen LogP contribution in [-0.4, -0.2) is 61.5 Å². The molecule has 3 heterocycles. The molecule has 0 aliphatic carbocycles. The number of fused-ring (bicyclic) bond motifs is 1. The second-order valence-electron chi connectivity index (χ2n) is 6.47. The zero-order valence-electron chi connectivity index (χ0n) is 14.8. The normalized spacial score (nSPS) is 15.5. The number of nitrogens with one attached hydrogen (secondary N) is 1. The maximum Gasteiger partial charge on any atom is 0.141 e. The van der Waals surface area contributed by atoms with Gasteiger partial charge < -0.3 is 19.6 Å². The minimum absolute atomic E-state index is 0.249. The van der Waals surface area contributed by atoms with Crippen molar-refractivity contribution < 1.29 is 14.7 Å². The Morgan fingerprint density at radius 2 is 1.96 bits per heavy atom. The average Bonchev–Trinajstić information content (AvgIpc) is 3.13. The van der Waals surface area contributed by atoms with Crippen molar-refractivity contribution in [2.75, 3.05) is 51.3 Å². The molecule has 0 bridgehead atoms. The maximum atomic E-state index is 9.15. The van der Waals surface area contributed by atoms with Crippen molar-refractivity contribution in [1.29, 1.82) is 0 Å². The molecule has 1 aliphatic rings. The molecule has 3 aromatic rings. The van der Waals surface area contributed by atoms with Gasteiger partial charge in [0.1, 0.15) is 29.3 Å². The lowest BCUT2D eigenvalue weighted by Crippen LogP contribution is -3.15. The van der Waals surface area contributed by atoms with Crippen LogP contribution in [0.15, 0.2) is 36.0 Å². The number of thiophene rings is 1. The van der Waals surface area contributed by atoms with Crippen LogP contribution in [0.25, 0.3) is 21.3 Å². The largest absolute Gasteiger partial charge is 0.497 e. The van der Waals surface area contributed by atoms with E-state index in [-0.39, 0.29) is 6.61 Å². The summed E-state index contributed by atoms with van der Waals surface area (Å²) in [4.78, 5) is 13.9. The van der Waals surface area contributed by atoms with Crippen molar-refractivity contribution in [2.45, 2.75) is 0 Å². The number of hydrogen-bond acceptors (Lipinski definition) is 6. The van der Waals surface area contributed by atoms with Crippen LogP contribution in [0, 0.1) is 0 Å². The van der Waals surface area contributed by atoms with Gasteiger partial charge in [-0.1, -0.05) is 12.1 Å². The molecule has 26 heavy (non-hydrogen) atoms. The lowest BCUT2D eigenvalue weighted by molar-refractivity contribution is -0.900. The molecule has 0 radical (unpaired) electrons. The van der Waals surface area contributed by atoms with Crippen LogP contribution in [0.2, 0.25) is 0 Å². The SMILES string of the molecule is COc1ccc(-c2csc3ncnc(N4CC[NH+](CCO)CC4)c23)cc1. The summed E-state index contributed by atoms with van der Waals surface area (Å²) in [5.74, 6) is 1.87. The first-order valence-corrected chi connectivity index (χ1v) is 9.74. The van der Waals surface area contributed by atoms with Gasteiger partial charge in [-0.3, -0.25) is 0 Å². The Morgan fingerprint density at radius 3 is 2.65 bits per heavy atom. The fourth-order valence-corrected chi connectivity index (χ4v) is 4.44. The number of benzene rings is 1. The van der Waals surface area contributed by atoms with Crippen LogP contribution < -0.4 is 14.5 Å². The van der Waals surface area contributed by atoms with Crippen molar-refractivity contribution in [3.05, 3.63) is 36.0 Å². The molecule has 6 nitrogen and oxygen atoms in total. The smallest absolute Gasteiger partial charge is 0.141 e. The molecule has 0 saturated carbocycles. The van der Waals surface area contributed by atoms with Gasteiger partial charge in [-0.2, -0.15) is 0 Å². The van der Waals surface area contributed by atoms with E-state index in [4.69, 9.17) is 9.84 Å². The van der Waals surface area contributed by atoms with E-state index in [0.717, 1.165) is 60.1 Å². The summed E-state index contributed by atoms with van der Waals surface area (Å²) in [6.07, 6.45) is 1.67. The van der Waals surface area contributed by atoms with Gasteiger partial charge >= 0.3 is 0 Å². The summed E-state index contributed by atoms with van der Waals surface area (Å²) in [6, 6.07) is 8.14. The zero-order chi connectivity index (χ0) is 17.9. The second kappa shape index (κ2) is 7.57. The van der Waals surface area contributed by atoms with Gasteiger partial charge in [-0.25, -0.2) is 9.97 Å². The highest BCUT2D eigenvalue weighted by atomic mass is 32.1. The first-order valence-electron chi connectivity index (χ1n) is 8.86. The molecular weight excluding hydrogens is 348 g/mol. The third kappa shape index (κ3) is 3.25. The maximum absolute atomic E-state index is 9.15. The molecule has 136 valence electrons. The van der Waals surface area contributed by atoms with Crippen LogP contribution in [0.5, 0.6) is 5.75 Å². The number of aliphatic hydroxyl groups is 1. The summed E-state index contributed by atoms with van der Waals surface area (Å²) in [5.41, 5.74) is 2.33. The lowest BCUT2D eigenvalue weighted by atomic mass is 10.1. The molecule has 2 N–H and O–H groups in total. The molecule has 0 unspecified atom stereocenters. The summed E-state index contributed by atoms with van der Waals surface area (Å²) >= 11 is 1.66. The molecule has 1 saturated heterocycles. The van der Waals surface area contributed by atoms with Gasteiger partial charge in [-0.15, -0.1) is 11.3 Å². The van der Waals surface area contributed by atoms with Gasteiger partial charge in [0.25, 0.3) is 0 Å². The number of hydrogen-bond donors (Lipinski definition) is 2. The highest BCUT2D eigenvalue weighted by Crippen LogP contribution is 2.38. The quantitative estimate of drug-likeness (QED) is 0.702. The number of methoxy groups -OCH3 is 1. The molecule has 1 aromatic carbocycles. The number of quaternary nitrogens is 1. The van der Waals surface area contributed by atoms with Gasteiger partial charge in [0.2, 0.25) is 0 Å². The van der Waals surface area contributed by atoms with E-state index in [1.807, 2.05) is 12.1 Å². The number of rotatable bonds is 5. The lowest BCUT2D eigenvalue weighted by Gasteiger charge is -2.33. The Bertz CT molecular complexity index is 873. The van der Waals surface area contributed by atoms with Gasteiger partial charge in [-0.05, 0) is 17.7 Å². The summed E-state index contributed by atoms with van der Waals surface area (Å²) in [7, 11) is 1.68. The van der Waals surface area contributed by atoms with E-state index in [1.54, 1.807) is 24.8 Å². The number of aliphatic hydroxyl groups excluding tert-OH is 1. The Morgan fingerprint density at radius 1 is 1.19 bits per heavy atom. The molecule has 7 heteroatoms. The fraction of sp³-hybridized carbons (Fsp3) is 0.368. The summed E-state index contributed by atoms with van der Waals surface area (Å²) < 4.78 is 5.27. The van der Waals surface area contributed by atoms with Crippen molar-refractivity contribution in [3.63, 3.8) is 0 Å². The molecule has 1 aliphatic heterocycles. The molecule has 0 spiro atoms. The molecule has 4 rings (SSSR count). The summed E-state index contributed by atoms with van der Waals surface area (Å²) in [5, 5.41) is 12.4. The van der Waals surface area contributed by atoms with Crippen molar-refractivity contribution in [2.24, 2.45) is 0 Å². The van der Waals surface area contributed by atoms with Crippen LogP contribution in [0.4, 0.5) is 5.82 Å². The van der Waals surface area contributed by atoms with Gasteiger partial charge in [0.05, 0.1) is 45.3 Å². The molecule has 2 aromatic heterocycles. The molecule has 1 fully saturated rings. The van der Waals surface area contributed by atoms with E-state index in [1.165, 1.54) is 10.5 Å². The van der Waals surface area contributed by atoms with Crippen molar-refractivity contribution in [3.8, 4) is 16.9 Å². The topological polar surface area (TPSA) is 62.9 Å². The van der Waals surface area contributed by atoms with E-state index >= 15 is 0 Å². The molecule has 0 amide bonds. The Labute approximate surface area is 156 Å². The Hall–Kier alpha value is -2.22. The van der Waals surface area contributed by atoms with Gasteiger partial charge in [0.15, 0.2) is 0 Å². The van der Waals surface area contributed by atoms with E-state index in [0.29, 0.717) is 0 Å². The predicted molar refractivity (Wildman–Crippen MR) is 104 cm³/mol. The van der Waals surface area contributed by atoms with Crippen LogP contribution >= 0.6 is 11.3 Å². The number of nitrogens with zero attached hydrogens (tertiary/aromatic N) is 3. The standard InChI is InChI=1S/C19H22N4O2S/c1-25-15-4-2-14(3-5-15)16-12-26-19-17(16)18(20-13-21-19)23-8-6-22(7-9-23)10-11-24/h2-5,12-13,24H,6-11H2,1H3/p+1. The Balaban J connectivity index is 1.68. The number of ether oxygens (including phenoxy) is 1. The molecular formula is C19H23N4O2S+. The molecule has 0 atom stereocenters. The minimum atomic E-state index is 0.249. The summed E-state index contributed by atoms with van der Waals surface area (Å²) in [6.45, 7) is 5.00.